The first-order chi connectivity index (χ1) is 17.0. The highest BCUT2D eigenvalue weighted by molar-refractivity contribution is 5.96. The van der Waals surface area contributed by atoms with E-state index < -0.39 is 0 Å². The molecular formula is C28H36N4O3. The van der Waals surface area contributed by atoms with Crippen LogP contribution in [-0.4, -0.2) is 48.1 Å². The summed E-state index contributed by atoms with van der Waals surface area (Å²) < 4.78 is 5.38. The third-order valence-electron chi connectivity index (χ3n) is 8.03. The van der Waals surface area contributed by atoms with Gasteiger partial charge in [0.2, 0.25) is 0 Å². The number of pyridine rings is 1. The molecule has 3 heterocycles. The van der Waals surface area contributed by atoms with E-state index in [1.165, 1.54) is 19.3 Å². The average molecular weight is 477 g/mol. The number of amides is 2. The monoisotopic (exact) mass is 476 g/mol. The van der Waals surface area contributed by atoms with Gasteiger partial charge >= 0.3 is 0 Å². The maximum absolute atomic E-state index is 13.0. The second-order valence-corrected chi connectivity index (χ2v) is 10.3. The Morgan fingerprint density at radius 3 is 2.29 bits per heavy atom. The van der Waals surface area contributed by atoms with Gasteiger partial charge in [-0.15, -0.1) is 0 Å². The summed E-state index contributed by atoms with van der Waals surface area (Å²) in [5.41, 5.74) is 2.16. The van der Waals surface area contributed by atoms with E-state index >= 15 is 0 Å². The molecule has 2 N–H and O–H groups in total. The van der Waals surface area contributed by atoms with Gasteiger partial charge < -0.3 is 20.3 Å². The number of fused-ring (bicyclic) bond motifs is 2. The van der Waals surface area contributed by atoms with E-state index in [1.54, 1.807) is 13.3 Å². The van der Waals surface area contributed by atoms with Gasteiger partial charge in [-0.05, 0) is 69.7 Å². The van der Waals surface area contributed by atoms with Gasteiger partial charge in [0.1, 0.15) is 11.6 Å². The zero-order chi connectivity index (χ0) is 24.4. The SMILES string of the molecule is COc1cccc(C(=O)NC2C[C@H]3CC[C@@H](C2)N3c2ccc(C(=O)NC3CCCCC3)cn2)c1C. The van der Waals surface area contributed by atoms with E-state index in [-0.39, 0.29) is 17.9 Å². The second kappa shape index (κ2) is 10.3. The molecule has 2 amide bonds. The number of carbonyl (C=O) groups excluding carboxylic acids is 2. The van der Waals surface area contributed by atoms with E-state index in [4.69, 9.17) is 4.74 Å². The quantitative estimate of drug-likeness (QED) is 0.646. The number of ether oxygens (including phenoxy) is 1. The molecule has 3 fully saturated rings. The lowest BCUT2D eigenvalue weighted by molar-refractivity contribution is 0.0918. The summed E-state index contributed by atoms with van der Waals surface area (Å²) in [6.07, 6.45) is 11.5. The second-order valence-electron chi connectivity index (χ2n) is 10.3. The first-order valence-electron chi connectivity index (χ1n) is 13.0. The molecule has 2 aromatic rings. The largest absolute Gasteiger partial charge is 0.496 e. The Morgan fingerprint density at radius 2 is 1.63 bits per heavy atom. The van der Waals surface area contributed by atoms with Crippen molar-refractivity contribution in [3.8, 4) is 5.75 Å². The molecular weight excluding hydrogens is 440 g/mol. The summed E-state index contributed by atoms with van der Waals surface area (Å²) >= 11 is 0. The van der Waals surface area contributed by atoms with Gasteiger partial charge in [0.25, 0.3) is 11.8 Å². The van der Waals surface area contributed by atoms with Gasteiger partial charge in [-0.1, -0.05) is 25.3 Å². The normalized spacial score (nSPS) is 24.2. The van der Waals surface area contributed by atoms with Crippen LogP contribution < -0.4 is 20.3 Å². The Balaban J connectivity index is 1.20. The van der Waals surface area contributed by atoms with E-state index in [2.05, 4.69) is 20.5 Å². The van der Waals surface area contributed by atoms with Gasteiger partial charge in [-0.2, -0.15) is 0 Å². The fourth-order valence-corrected chi connectivity index (χ4v) is 6.20. The summed E-state index contributed by atoms with van der Waals surface area (Å²) in [6.45, 7) is 1.92. The van der Waals surface area contributed by atoms with Crippen LogP contribution in [0.3, 0.4) is 0 Å². The molecule has 7 heteroatoms. The number of nitrogens with one attached hydrogen (secondary N) is 2. The number of methoxy groups -OCH3 is 1. The third kappa shape index (κ3) is 5.00. The fourth-order valence-electron chi connectivity index (χ4n) is 6.20. The van der Waals surface area contributed by atoms with Crippen LogP contribution in [0.1, 0.15) is 84.1 Å². The number of hydrogen-bond acceptors (Lipinski definition) is 5. The number of benzene rings is 1. The molecule has 7 nitrogen and oxygen atoms in total. The van der Waals surface area contributed by atoms with Crippen molar-refractivity contribution in [2.45, 2.75) is 88.9 Å². The van der Waals surface area contributed by atoms with Crippen molar-refractivity contribution in [2.75, 3.05) is 12.0 Å². The van der Waals surface area contributed by atoms with Crippen molar-refractivity contribution < 1.29 is 14.3 Å². The minimum atomic E-state index is -0.0364. The molecule has 3 atom stereocenters. The number of anilines is 1. The lowest BCUT2D eigenvalue weighted by Crippen LogP contribution is -2.50. The van der Waals surface area contributed by atoms with Crippen LogP contribution in [0.4, 0.5) is 5.82 Å². The molecule has 1 aliphatic carbocycles. The molecule has 2 bridgehead atoms. The standard InChI is InChI=1S/C28H36N4O3/c1-18-24(9-6-10-25(18)35-2)28(34)31-21-15-22-12-13-23(16-21)32(22)26-14-11-19(17-29-26)27(33)30-20-7-4-3-5-8-20/h6,9-11,14,17,20-23H,3-5,7-8,12-13,15-16H2,1-2H3,(H,30,33)(H,31,34)/t21?,22-,23+. The van der Waals surface area contributed by atoms with Gasteiger partial charge in [-0.3, -0.25) is 9.59 Å². The molecule has 1 saturated carbocycles. The smallest absolute Gasteiger partial charge is 0.253 e. The summed E-state index contributed by atoms with van der Waals surface area (Å²) in [4.78, 5) is 32.7. The number of hydrogen-bond donors (Lipinski definition) is 2. The van der Waals surface area contributed by atoms with Crippen LogP contribution in [0.5, 0.6) is 5.75 Å². The van der Waals surface area contributed by atoms with Crippen molar-refractivity contribution >= 4 is 17.6 Å². The molecule has 35 heavy (non-hydrogen) atoms. The summed E-state index contributed by atoms with van der Waals surface area (Å²) in [5, 5.41) is 6.44. The Morgan fingerprint density at radius 1 is 0.914 bits per heavy atom. The van der Waals surface area contributed by atoms with E-state index in [0.717, 1.165) is 55.7 Å². The summed E-state index contributed by atoms with van der Waals surface area (Å²) in [7, 11) is 1.63. The van der Waals surface area contributed by atoms with Crippen molar-refractivity contribution in [2.24, 2.45) is 0 Å². The van der Waals surface area contributed by atoms with Gasteiger partial charge in [-0.25, -0.2) is 4.98 Å². The Kier molecular flexibility index (Phi) is 6.93. The molecule has 0 radical (unpaired) electrons. The highest BCUT2D eigenvalue weighted by Crippen LogP contribution is 2.38. The Hall–Kier alpha value is -3.09. The van der Waals surface area contributed by atoms with Crippen LogP contribution in [0, 0.1) is 6.92 Å². The molecule has 2 saturated heterocycles. The van der Waals surface area contributed by atoms with Crippen molar-refractivity contribution in [3.05, 3.63) is 53.2 Å². The van der Waals surface area contributed by atoms with Crippen molar-refractivity contribution in [1.82, 2.24) is 15.6 Å². The zero-order valence-corrected chi connectivity index (χ0v) is 20.8. The Labute approximate surface area is 207 Å². The topological polar surface area (TPSA) is 83.6 Å². The number of piperidine rings is 1. The van der Waals surface area contributed by atoms with Crippen LogP contribution in [0.2, 0.25) is 0 Å². The molecule has 1 aromatic carbocycles. The maximum Gasteiger partial charge on any atom is 0.253 e. The minimum absolute atomic E-state index is 0.0202. The predicted molar refractivity (Wildman–Crippen MR) is 136 cm³/mol. The van der Waals surface area contributed by atoms with Gasteiger partial charge in [0, 0.05) is 41.5 Å². The summed E-state index contributed by atoms with van der Waals surface area (Å²) in [6, 6.07) is 10.6. The van der Waals surface area contributed by atoms with Crippen LogP contribution >= 0.6 is 0 Å². The fraction of sp³-hybridized carbons (Fsp3) is 0.536. The molecule has 1 aromatic heterocycles. The van der Waals surface area contributed by atoms with Crippen LogP contribution in [0.15, 0.2) is 36.5 Å². The first kappa shape index (κ1) is 23.6. The minimum Gasteiger partial charge on any atom is -0.496 e. The van der Waals surface area contributed by atoms with Crippen LogP contribution in [-0.2, 0) is 0 Å². The van der Waals surface area contributed by atoms with E-state index in [9.17, 15) is 9.59 Å². The highest BCUT2D eigenvalue weighted by atomic mass is 16.5. The van der Waals surface area contributed by atoms with E-state index in [0.29, 0.717) is 29.3 Å². The lowest BCUT2D eigenvalue weighted by atomic mass is 9.95. The number of rotatable bonds is 6. The lowest BCUT2D eigenvalue weighted by Gasteiger charge is -2.40. The molecule has 0 spiro atoms. The zero-order valence-electron chi connectivity index (χ0n) is 20.8. The average Bonchev–Trinajstić information content (AvgIpc) is 3.14. The number of carbonyl (C=O) groups is 2. The van der Waals surface area contributed by atoms with Gasteiger partial charge in [0.15, 0.2) is 0 Å². The molecule has 1 unspecified atom stereocenters. The molecule has 2 aliphatic heterocycles. The first-order valence-corrected chi connectivity index (χ1v) is 13.0. The van der Waals surface area contributed by atoms with E-state index in [1.807, 2.05) is 37.3 Å². The van der Waals surface area contributed by atoms with Crippen molar-refractivity contribution in [1.29, 1.82) is 0 Å². The summed E-state index contributed by atoms with van der Waals surface area (Å²) in [5.74, 6) is 1.61. The Bertz CT molecular complexity index is 1050. The third-order valence-corrected chi connectivity index (χ3v) is 8.03. The van der Waals surface area contributed by atoms with Crippen LogP contribution in [0.25, 0.3) is 0 Å². The molecule has 5 rings (SSSR count). The van der Waals surface area contributed by atoms with Gasteiger partial charge in [0.05, 0.1) is 12.7 Å². The highest BCUT2D eigenvalue weighted by Gasteiger charge is 2.42. The molecule has 186 valence electrons. The number of nitrogens with zero attached hydrogens (tertiary/aromatic N) is 2. The van der Waals surface area contributed by atoms with Crippen molar-refractivity contribution in [3.63, 3.8) is 0 Å². The molecule has 3 aliphatic rings. The number of aromatic nitrogens is 1. The maximum atomic E-state index is 13.0. The predicted octanol–water partition coefficient (Wildman–Crippen LogP) is 4.39.